The first-order valence-electron chi connectivity index (χ1n) is 6.83. The maximum atomic E-state index is 4.23. The first-order chi connectivity index (χ1) is 10.3. The van der Waals surface area contributed by atoms with E-state index in [1.807, 2.05) is 19.2 Å². The number of rotatable bonds is 4. The molecule has 4 heteroatoms. The summed E-state index contributed by atoms with van der Waals surface area (Å²) in [6.45, 7) is 2.68. The highest BCUT2D eigenvalue weighted by atomic mass is 15.1. The summed E-state index contributed by atoms with van der Waals surface area (Å²) in [5.41, 5.74) is 4.53. The van der Waals surface area contributed by atoms with Crippen molar-refractivity contribution in [1.82, 2.24) is 15.0 Å². The highest BCUT2D eigenvalue weighted by Gasteiger charge is 1.99. The lowest BCUT2D eigenvalue weighted by molar-refractivity contribution is 1.04. The first kappa shape index (κ1) is 13.2. The van der Waals surface area contributed by atoms with Crippen molar-refractivity contribution < 1.29 is 0 Å². The highest BCUT2D eigenvalue weighted by molar-refractivity contribution is 5.62. The van der Waals surface area contributed by atoms with Crippen LogP contribution in [0.2, 0.25) is 0 Å². The van der Waals surface area contributed by atoms with Crippen LogP contribution in [-0.4, -0.2) is 15.0 Å². The average molecular weight is 276 g/mol. The van der Waals surface area contributed by atoms with Gasteiger partial charge in [0.1, 0.15) is 0 Å². The molecule has 104 valence electrons. The molecule has 0 fully saturated rings. The topological polar surface area (TPSA) is 50.7 Å². The quantitative estimate of drug-likeness (QED) is 0.793. The number of benzene rings is 1. The standard InChI is InChI=1S/C17H16N4/c1-13-9-19-17(20-10-13)21-11-14-4-6-15(7-5-14)16-3-2-8-18-12-16/h2-10,12H,11H2,1H3,(H,19,20,21). The van der Waals surface area contributed by atoms with Crippen molar-refractivity contribution in [3.8, 4) is 11.1 Å². The molecule has 0 saturated carbocycles. The van der Waals surface area contributed by atoms with Gasteiger partial charge < -0.3 is 5.32 Å². The molecule has 0 atom stereocenters. The van der Waals surface area contributed by atoms with Gasteiger partial charge in [-0.25, -0.2) is 9.97 Å². The van der Waals surface area contributed by atoms with Crippen LogP contribution in [-0.2, 0) is 6.54 Å². The zero-order valence-electron chi connectivity index (χ0n) is 11.8. The number of nitrogens with zero attached hydrogens (tertiary/aromatic N) is 3. The van der Waals surface area contributed by atoms with Crippen LogP contribution in [0.4, 0.5) is 5.95 Å². The van der Waals surface area contributed by atoms with Gasteiger partial charge >= 0.3 is 0 Å². The highest BCUT2D eigenvalue weighted by Crippen LogP contribution is 2.18. The van der Waals surface area contributed by atoms with Gasteiger partial charge in [-0.05, 0) is 35.2 Å². The molecule has 0 bridgehead atoms. The monoisotopic (exact) mass is 276 g/mol. The fourth-order valence-electron chi connectivity index (χ4n) is 2.01. The minimum atomic E-state index is 0.650. The second kappa shape index (κ2) is 6.13. The van der Waals surface area contributed by atoms with Crippen LogP contribution in [0.15, 0.2) is 61.2 Å². The second-order valence-electron chi connectivity index (χ2n) is 4.88. The number of nitrogens with one attached hydrogen (secondary N) is 1. The van der Waals surface area contributed by atoms with Crippen LogP contribution in [0.3, 0.4) is 0 Å². The molecule has 2 heterocycles. The molecular weight excluding hydrogens is 260 g/mol. The van der Waals surface area contributed by atoms with Gasteiger partial charge in [-0.2, -0.15) is 0 Å². The Bertz CT molecular complexity index is 691. The fraction of sp³-hybridized carbons (Fsp3) is 0.118. The third-order valence-electron chi connectivity index (χ3n) is 3.18. The maximum absolute atomic E-state index is 4.23. The predicted molar refractivity (Wildman–Crippen MR) is 83.8 cm³/mol. The van der Waals surface area contributed by atoms with Gasteiger partial charge in [0.25, 0.3) is 0 Å². The first-order valence-corrected chi connectivity index (χ1v) is 6.83. The molecule has 0 saturated heterocycles. The summed E-state index contributed by atoms with van der Waals surface area (Å²) in [6.07, 6.45) is 7.26. The van der Waals surface area contributed by atoms with Crippen LogP contribution in [0.25, 0.3) is 11.1 Å². The van der Waals surface area contributed by atoms with Gasteiger partial charge in [-0.15, -0.1) is 0 Å². The Balaban J connectivity index is 1.66. The third-order valence-corrected chi connectivity index (χ3v) is 3.18. The van der Waals surface area contributed by atoms with Gasteiger partial charge in [0.2, 0.25) is 5.95 Å². The molecule has 0 spiro atoms. The van der Waals surface area contributed by atoms with Crippen LogP contribution in [0, 0.1) is 6.92 Å². The van der Waals surface area contributed by atoms with E-state index in [-0.39, 0.29) is 0 Å². The van der Waals surface area contributed by atoms with Gasteiger partial charge in [-0.3, -0.25) is 4.98 Å². The number of pyridine rings is 1. The van der Waals surface area contributed by atoms with E-state index in [2.05, 4.69) is 50.6 Å². The molecule has 21 heavy (non-hydrogen) atoms. The molecule has 3 aromatic rings. The van der Waals surface area contributed by atoms with Crippen molar-refractivity contribution >= 4 is 5.95 Å². The predicted octanol–water partition coefficient (Wildman–Crippen LogP) is 3.46. The number of anilines is 1. The summed E-state index contributed by atoms with van der Waals surface area (Å²) < 4.78 is 0. The van der Waals surface area contributed by atoms with E-state index in [9.17, 15) is 0 Å². The lowest BCUT2D eigenvalue weighted by Crippen LogP contribution is -2.03. The lowest BCUT2D eigenvalue weighted by atomic mass is 10.1. The largest absolute Gasteiger partial charge is 0.350 e. The van der Waals surface area contributed by atoms with Crippen molar-refractivity contribution in [2.45, 2.75) is 13.5 Å². The molecule has 2 aromatic heterocycles. The Morgan fingerprint density at radius 1 is 0.905 bits per heavy atom. The zero-order valence-corrected chi connectivity index (χ0v) is 11.8. The van der Waals surface area contributed by atoms with E-state index in [0.717, 1.165) is 11.1 Å². The smallest absolute Gasteiger partial charge is 0.222 e. The van der Waals surface area contributed by atoms with E-state index < -0.39 is 0 Å². The minimum Gasteiger partial charge on any atom is -0.350 e. The van der Waals surface area contributed by atoms with Gasteiger partial charge in [0.15, 0.2) is 0 Å². The van der Waals surface area contributed by atoms with Crippen molar-refractivity contribution in [3.63, 3.8) is 0 Å². The summed E-state index contributed by atoms with van der Waals surface area (Å²) in [6, 6.07) is 12.4. The Morgan fingerprint density at radius 3 is 2.33 bits per heavy atom. The Kier molecular flexibility index (Phi) is 3.87. The summed E-state index contributed by atoms with van der Waals surface area (Å²) >= 11 is 0. The normalized spacial score (nSPS) is 10.3. The molecule has 3 rings (SSSR count). The maximum Gasteiger partial charge on any atom is 0.222 e. The summed E-state index contributed by atoms with van der Waals surface area (Å²) in [4.78, 5) is 12.6. The number of hydrogen-bond donors (Lipinski definition) is 1. The minimum absolute atomic E-state index is 0.650. The molecule has 0 aliphatic rings. The van der Waals surface area contributed by atoms with E-state index in [1.54, 1.807) is 18.6 Å². The summed E-state index contributed by atoms with van der Waals surface area (Å²) in [5, 5.41) is 3.21. The second-order valence-corrected chi connectivity index (χ2v) is 4.88. The Labute approximate surface area is 123 Å². The van der Waals surface area contributed by atoms with Crippen LogP contribution >= 0.6 is 0 Å². The summed E-state index contributed by atoms with van der Waals surface area (Å²) in [7, 11) is 0. The molecule has 0 amide bonds. The molecular formula is C17H16N4. The molecule has 1 N–H and O–H groups in total. The van der Waals surface area contributed by atoms with E-state index in [0.29, 0.717) is 12.5 Å². The SMILES string of the molecule is Cc1cnc(NCc2ccc(-c3cccnc3)cc2)nc1. The van der Waals surface area contributed by atoms with Crippen molar-refractivity contribution in [3.05, 3.63) is 72.3 Å². The summed E-state index contributed by atoms with van der Waals surface area (Å²) in [5.74, 6) is 0.650. The van der Waals surface area contributed by atoms with Crippen LogP contribution in [0.5, 0.6) is 0 Å². The van der Waals surface area contributed by atoms with Crippen LogP contribution in [0.1, 0.15) is 11.1 Å². The Morgan fingerprint density at radius 2 is 1.67 bits per heavy atom. The van der Waals surface area contributed by atoms with Crippen LogP contribution < -0.4 is 5.32 Å². The number of hydrogen-bond acceptors (Lipinski definition) is 4. The molecule has 4 nitrogen and oxygen atoms in total. The molecule has 0 radical (unpaired) electrons. The average Bonchev–Trinajstić information content (AvgIpc) is 2.56. The van der Waals surface area contributed by atoms with Crippen molar-refractivity contribution in [2.24, 2.45) is 0 Å². The van der Waals surface area contributed by atoms with E-state index in [1.165, 1.54) is 11.1 Å². The van der Waals surface area contributed by atoms with E-state index in [4.69, 9.17) is 0 Å². The number of aryl methyl sites for hydroxylation is 1. The van der Waals surface area contributed by atoms with Gasteiger partial charge in [-0.1, -0.05) is 30.3 Å². The lowest BCUT2D eigenvalue weighted by Gasteiger charge is -2.06. The molecule has 0 aliphatic heterocycles. The Hall–Kier alpha value is -2.75. The van der Waals surface area contributed by atoms with Gasteiger partial charge in [0, 0.05) is 31.3 Å². The fourth-order valence-corrected chi connectivity index (χ4v) is 2.01. The van der Waals surface area contributed by atoms with Gasteiger partial charge in [0.05, 0.1) is 0 Å². The van der Waals surface area contributed by atoms with Crippen molar-refractivity contribution in [1.29, 1.82) is 0 Å². The van der Waals surface area contributed by atoms with E-state index >= 15 is 0 Å². The van der Waals surface area contributed by atoms with Crippen molar-refractivity contribution in [2.75, 3.05) is 5.32 Å². The molecule has 0 unspecified atom stereocenters. The number of aromatic nitrogens is 3. The molecule has 0 aliphatic carbocycles. The third kappa shape index (κ3) is 3.42. The zero-order chi connectivity index (χ0) is 14.5. The molecule has 1 aromatic carbocycles.